The summed E-state index contributed by atoms with van der Waals surface area (Å²) in [6.45, 7) is 4.20. The number of carbonyl (C=O) groups excluding carboxylic acids is 2. The van der Waals surface area contributed by atoms with Crippen molar-refractivity contribution in [3.63, 3.8) is 0 Å². The SMILES string of the molecule is C=CC(=O)N(C)c1ccc(C(=O)N2CCCC2c2ncc[nH]2)cc1. The zero-order chi connectivity index (χ0) is 17.1. The van der Waals surface area contributed by atoms with Crippen molar-refractivity contribution in [3.8, 4) is 0 Å². The third-order valence-corrected chi connectivity index (χ3v) is 4.36. The molecule has 2 amide bonds. The minimum atomic E-state index is -0.188. The molecule has 3 rings (SSSR count). The Bertz CT molecular complexity index is 737. The number of rotatable bonds is 4. The van der Waals surface area contributed by atoms with E-state index in [0.717, 1.165) is 30.9 Å². The lowest BCUT2D eigenvalue weighted by Gasteiger charge is -2.23. The number of amides is 2. The first kappa shape index (κ1) is 16.0. The lowest BCUT2D eigenvalue weighted by atomic mass is 10.1. The molecule has 0 aliphatic carbocycles. The lowest BCUT2D eigenvalue weighted by molar-refractivity contribution is -0.113. The fourth-order valence-corrected chi connectivity index (χ4v) is 3.01. The zero-order valence-corrected chi connectivity index (χ0v) is 13.6. The molecule has 24 heavy (non-hydrogen) atoms. The Balaban J connectivity index is 1.77. The van der Waals surface area contributed by atoms with E-state index in [0.29, 0.717) is 5.56 Å². The highest BCUT2D eigenvalue weighted by Gasteiger charge is 2.32. The maximum absolute atomic E-state index is 12.8. The molecule has 1 aromatic heterocycles. The highest BCUT2D eigenvalue weighted by atomic mass is 16.2. The number of hydrogen-bond donors (Lipinski definition) is 1. The Hall–Kier alpha value is -2.89. The number of carbonyl (C=O) groups is 2. The van der Waals surface area contributed by atoms with Crippen LogP contribution >= 0.6 is 0 Å². The van der Waals surface area contributed by atoms with Crippen LogP contribution in [0, 0.1) is 0 Å². The molecule has 1 unspecified atom stereocenters. The average molecular weight is 324 g/mol. The number of nitrogens with zero attached hydrogens (tertiary/aromatic N) is 3. The van der Waals surface area contributed by atoms with Gasteiger partial charge in [0.1, 0.15) is 5.82 Å². The molecule has 2 heterocycles. The molecule has 1 saturated heterocycles. The predicted molar refractivity (Wildman–Crippen MR) is 91.6 cm³/mol. The van der Waals surface area contributed by atoms with Gasteiger partial charge in [-0.15, -0.1) is 0 Å². The van der Waals surface area contributed by atoms with Crippen LogP contribution in [-0.2, 0) is 4.79 Å². The van der Waals surface area contributed by atoms with Crippen molar-refractivity contribution in [3.05, 3.63) is 60.7 Å². The van der Waals surface area contributed by atoms with E-state index in [4.69, 9.17) is 0 Å². The molecule has 1 aromatic carbocycles. The summed E-state index contributed by atoms with van der Waals surface area (Å²) in [4.78, 5) is 35.2. The van der Waals surface area contributed by atoms with E-state index in [1.807, 2.05) is 4.90 Å². The minimum Gasteiger partial charge on any atom is -0.347 e. The normalized spacial score (nSPS) is 16.9. The van der Waals surface area contributed by atoms with Gasteiger partial charge in [-0.1, -0.05) is 6.58 Å². The van der Waals surface area contributed by atoms with E-state index in [9.17, 15) is 9.59 Å². The Kier molecular flexibility index (Phi) is 4.46. The van der Waals surface area contributed by atoms with Crippen LogP contribution < -0.4 is 4.90 Å². The predicted octanol–water partition coefficient (Wildman–Crippen LogP) is 2.54. The highest BCUT2D eigenvalue weighted by Crippen LogP contribution is 2.31. The van der Waals surface area contributed by atoms with Gasteiger partial charge in [-0.25, -0.2) is 4.98 Å². The number of aromatic nitrogens is 2. The number of H-pyrrole nitrogens is 1. The molecule has 1 N–H and O–H groups in total. The smallest absolute Gasteiger partial charge is 0.254 e. The Morgan fingerprint density at radius 1 is 1.38 bits per heavy atom. The molecule has 2 aromatic rings. The zero-order valence-electron chi connectivity index (χ0n) is 13.6. The van der Waals surface area contributed by atoms with E-state index in [1.54, 1.807) is 43.7 Å². The van der Waals surface area contributed by atoms with Gasteiger partial charge >= 0.3 is 0 Å². The van der Waals surface area contributed by atoms with Crippen molar-refractivity contribution in [2.75, 3.05) is 18.5 Å². The fraction of sp³-hybridized carbons (Fsp3) is 0.278. The maximum atomic E-state index is 12.8. The molecule has 1 aliphatic rings. The van der Waals surface area contributed by atoms with Gasteiger partial charge in [-0.3, -0.25) is 9.59 Å². The Morgan fingerprint density at radius 3 is 2.75 bits per heavy atom. The summed E-state index contributed by atoms with van der Waals surface area (Å²) in [5.41, 5.74) is 1.33. The molecule has 0 saturated carbocycles. The van der Waals surface area contributed by atoms with E-state index in [2.05, 4.69) is 16.5 Å². The van der Waals surface area contributed by atoms with E-state index >= 15 is 0 Å². The van der Waals surface area contributed by atoms with Gasteiger partial charge in [0, 0.05) is 37.2 Å². The number of nitrogens with one attached hydrogen (secondary N) is 1. The molecule has 1 fully saturated rings. The molecule has 6 nitrogen and oxygen atoms in total. The molecule has 1 atom stereocenters. The second-order valence-corrected chi connectivity index (χ2v) is 5.78. The quantitative estimate of drug-likeness (QED) is 0.879. The standard InChI is InChI=1S/C18H20N4O2/c1-3-16(23)21(2)14-8-6-13(7-9-14)18(24)22-12-4-5-15(22)17-19-10-11-20-17/h3,6-11,15H,1,4-5,12H2,2H3,(H,19,20). The third kappa shape index (κ3) is 2.95. The van der Waals surface area contributed by atoms with Crippen LogP contribution in [0.1, 0.15) is 35.1 Å². The molecule has 1 aliphatic heterocycles. The van der Waals surface area contributed by atoms with Crippen molar-refractivity contribution >= 4 is 17.5 Å². The van der Waals surface area contributed by atoms with Crippen molar-refractivity contribution in [1.29, 1.82) is 0 Å². The van der Waals surface area contributed by atoms with Gasteiger partial charge in [0.25, 0.3) is 5.91 Å². The maximum Gasteiger partial charge on any atom is 0.254 e. The van der Waals surface area contributed by atoms with E-state index in [1.165, 1.54) is 11.0 Å². The molecule has 6 heteroatoms. The number of imidazole rings is 1. The first-order chi connectivity index (χ1) is 11.6. The summed E-state index contributed by atoms with van der Waals surface area (Å²) >= 11 is 0. The van der Waals surface area contributed by atoms with Crippen molar-refractivity contribution < 1.29 is 9.59 Å². The fourth-order valence-electron chi connectivity index (χ4n) is 3.01. The van der Waals surface area contributed by atoms with Gasteiger partial charge in [0.05, 0.1) is 6.04 Å². The largest absolute Gasteiger partial charge is 0.347 e. The molecule has 0 radical (unpaired) electrons. The minimum absolute atomic E-state index is 0.00260. The number of likely N-dealkylation sites (N-methyl/N-ethyl adjacent to an activating group) is 1. The summed E-state index contributed by atoms with van der Waals surface area (Å²) in [6.07, 6.45) is 6.62. The Morgan fingerprint density at radius 2 is 2.12 bits per heavy atom. The summed E-state index contributed by atoms with van der Waals surface area (Å²) in [7, 11) is 1.67. The summed E-state index contributed by atoms with van der Waals surface area (Å²) in [5.74, 6) is 0.624. The number of hydrogen-bond acceptors (Lipinski definition) is 3. The van der Waals surface area contributed by atoms with E-state index < -0.39 is 0 Å². The summed E-state index contributed by atoms with van der Waals surface area (Å²) in [6, 6.07) is 7.04. The number of likely N-dealkylation sites (tertiary alicyclic amines) is 1. The van der Waals surface area contributed by atoms with Crippen LogP contribution in [0.4, 0.5) is 5.69 Å². The van der Waals surface area contributed by atoms with Crippen LogP contribution in [0.15, 0.2) is 49.3 Å². The van der Waals surface area contributed by atoms with Crippen LogP contribution in [0.25, 0.3) is 0 Å². The number of aromatic amines is 1. The van der Waals surface area contributed by atoms with Gasteiger partial charge in [0.2, 0.25) is 5.91 Å². The average Bonchev–Trinajstić information content (AvgIpc) is 3.30. The van der Waals surface area contributed by atoms with Crippen LogP contribution in [0.3, 0.4) is 0 Å². The summed E-state index contributed by atoms with van der Waals surface area (Å²) in [5, 5.41) is 0. The topological polar surface area (TPSA) is 69.3 Å². The number of benzene rings is 1. The van der Waals surface area contributed by atoms with Crippen LogP contribution in [0.5, 0.6) is 0 Å². The third-order valence-electron chi connectivity index (χ3n) is 4.36. The first-order valence-corrected chi connectivity index (χ1v) is 7.92. The van der Waals surface area contributed by atoms with Crippen LogP contribution in [-0.4, -0.2) is 40.3 Å². The molecular weight excluding hydrogens is 304 g/mol. The van der Waals surface area contributed by atoms with Crippen molar-refractivity contribution in [1.82, 2.24) is 14.9 Å². The lowest BCUT2D eigenvalue weighted by Crippen LogP contribution is -2.31. The van der Waals surface area contributed by atoms with Gasteiger partial charge in [-0.2, -0.15) is 0 Å². The molecule has 0 bridgehead atoms. The molecule has 124 valence electrons. The molecular formula is C18H20N4O2. The van der Waals surface area contributed by atoms with Crippen molar-refractivity contribution in [2.45, 2.75) is 18.9 Å². The van der Waals surface area contributed by atoms with Crippen molar-refractivity contribution in [2.24, 2.45) is 0 Å². The van der Waals surface area contributed by atoms with Gasteiger partial charge < -0.3 is 14.8 Å². The second-order valence-electron chi connectivity index (χ2n) is 5.78. The van der Waals surface area contributed by atoms with Gasteiger partial charge in [0.15, 0.2) is 0 Å². The number of anilines is 1. The molecule has 0 spiro atoms. The monoisotopic (exact) mass is 324 g/mol. The Labute approximate surface area is 140 Å². The summed E-state index contributed by atoms with van der Waals surface area (Å²) < 4.78 is 0. The van der Waals surface area contributed by atoms with Gasteiger partial charge in [-0.05, 0) is 43.2 Å². The first-order valence-electron chi connectivity index (χ1n) is 7.92. The highest BCUT2D eigenvalue weighted by molar-refractivity contribution is 6.01. The van der Waals surface area contributed by atoms with E-state index in [-0.39, 0.29) is 17.9 Å². The van der Waals surface area contributed by atoms with Crippen LogP contribution in [0.2, 0.25) is 0 Å². The second kappa shape index (κ2) is 6.70.